The van der Waals surface area contributed by atoms with Crippen LogP contribution in [0, 0.1) is 0 Å². The third kappa shape index (κ3) is 6.30. The zero-order valence-electron chi connectivity index (χ0n) is 13.8. The van der Waals surface area contributed by atoms with E-state index in [4.69, 9.17) is 4.74 Å². The van der Waals surface area contributed by atoms with E-state index in [9.17, 15) is 4.79 Å². The first-order chi connectivity index (χ1) is 10.1. The van der Waals surface area contributed by atoms with Crippen molar-refractivity contribution in [3.63, 3.8) is 0 Å². The zero-order valence-corrected chi connectivity index (χ0v) is 13.8. The molecular formula is C18H29NO2. The van der Waals surface area contributed by atoms with E-state index >= 15 is 0 Å². The molecule has 0 fully saturated rings. The van der Waals surface area contributed by atoms with Gasteiger partial charge in [0.2, 0.25) is 0 Å². The molecule has 0 aliphatic rings. The van der Waals surface area contributed by atoms with E-state index in [-0.39, 0.29) is 12.0 Å². The van der Waals surface area contributed by atoms with Gasteiger partial charge in [0.05, 0.1) is 13.5 Å². The van der Waals surface area contributed by atoms with Crippen LogP contribution in [-0.2, 0) is 16.0 Å². The standard InChI is InChI=1S/C18H29NO2/c1-5-11-19-17(13-18(20)21-4)12-15-7-9-16(10-8-15)14(3)6-2/h7-10,14,17,19H,5-6,11-13H2,1-4H3. The predicted octanol–water partition coefficient (Wildman–Crippen LogP) is 3.67. The maximum atomic E-state index is 11.5. The second kappa shape index (κ2) is 9.56. The van der Waals surface area contributed by atoms with E-state index in [1.807, 2.05) is 0 Å². The molecule has 1 rings (SSSR count). The van der Waals surface area contributed by atoms with Gasteiger partial charge >= 0.3 is 5.97 Å². The Morgan fingerprint density at radius 2 is 1.90 bits per heavy atom. The Kier molecular flexibility index (Phi) is 8.06. The minimum atomic E-state index is -0.153. The summed E-state index contributed by atoms with van der Waals surface area (Å²) in [4.78, 5) is 11.5. The van der Waals surface area contributed by atoms with Gasteiger partial charge in [0.1, 0.15) is 0 Å². The Hall–Kier alpha value is -1.35. The van der Waals surface area contributed by atoms with Gasteiger partial charge < -0.3 is 10.1 Å². The first-order valence-electron chi connectivity index (χ1n) is 7.99. The highest BCUT2D eigenvalue weighted by atomic mass is 16.5. The van der Waals surface area contributed by atoms with Crippen molar-refractivity contribution in [3.8, 4) is 0 Å². The summed E-state index contributed by atoms with van der Waals surface area (Å²) < 4.78 is 4.78. The van der Waals surface area contributed by atoms with Crippen LogP contribution >= 0.6 is 0 Å². The molecule has 0 heterocycles. The molecule has 0 aromatic heterocycles. The monoisotopic (exact) mass is 291 g/mol. The molecule has 0 aliphatic heterocycles. The van der Waals surface area contributed by atoms with Gasteiger partial charge in [0.25, 0.3) is 0 Å². The number of ether oxygens (including phenoxy) is 1. The summed E-state index contributed by atoms with van der Waals surface area (Å²) in [6.45, 7) is 7.51. The Bertz CT molecular complexity index is 414. The summed E-state index contributed by atoms with van der Waals surface area (Å²) in [6, 6.07) is 8.92. The second-order valence-corrected chi connectivity index (χ2v) is 5.69. The number of esters is 1. The molecule has 0 saturated heterocycles. The number of carbonyl (C=O) groups excluding carboxylic acids is 1. The fourth-order valence-corrected chi connectivity index (χ4v) is 2.35. The number of benzene rings is 1. The molecule has 0 radical (unpaired) electrons. The molecule has 2 unspecified atom stereocenters. The van der Waals surface area contributed by atoms with Crippen LogP contribution in [0.1, 0.15) is 57.1 Å². The molecule has 118 valence electrons. The van der Waals surface area contributed by atoms with Crippen LogP contribution in [0.2, 0.25) is 0 Å². The number of rotatable bonds is 9. The van der Waals surface area contributed by atoms with Gasteiger partial charge in [0.15, 0.2) is 0 Å². The Morgan fingerprint density at radius 1 is 1.24 bits per heavy atom. The Balaban J connectivity index is 2.66. The van der Waals surface area contributed by atoms with Gasteiger partial charge in [-0.1, -0.05) is 45.0 Å². The topological polar surface area (TPSA) is 38.3 Å². The highest BCUT2D eigenvalue weighted by Crippen LogP contribution is 2.19. The van der Waals surface area contributed by atoms with E-state index in [1.165, 1.54) is 18.2 Å². The normalized spacial score (nSPS) is 13.7. The van der Waals surface area contributed by atoms with Crippen molar-refractivity contribution in [3.05, 3.63) is 35.4 Å². The van der Waals surface area contributed by atoms with Crippen LogP contribution in [0.5, 0.6) is 0 Å². The third-order valence-corrected chi connectivity index (χ3v) is 3.97. The third-order valence-electron chi connectivity index (χ3n) is 3.97. The van der Waals surface area contributed by atoms with Crippen LogP contribution in [0.25, 0.3) is 0 Å². The molecule has 3 nitrogen and oxygen atoms in total. The molecule has 1 N–H and O–H groups in total. The minimum Gasteiger partial charge on any atom is -0.469 e. The molecule has 3 heteroatoms. The van der Waals surface area contributed by atoms with E-state index in [0.717, 1.165) is 25.8 Å². The lowest BCUT2D eigenvalue weighted by Gasteiger charge is -2.18. The highest BCUT2D eigenvalue weighted by Gasteiger charge is 2.14. The second-order valence-electron chi connectivity index (χ2n) is 5.69. The van der Waals surface area contributed by atoms with Crippen molar-refractivity contribution >= 4 is 5.97 Å². The Morgan fingerprint density at radius 3 is 2.43 bits per heavy atom. The van der Waals surface area contributed by atoms with Crippen LogP contribution in [0.4, 0.5) is 0 Å². The van der Waals surface area contributed by atoms with Crippen LogP contribution in [-0.4, -0.2) is 25.7 Å². The first kappa shape index (κ1) is 17.7. The molecule has 0 saturated carbocycles. The largest absolute Gasteiger partial charge is 0.469 e. The predicted molar refractivity (Wildman–Crippen MR) is 87.6 cm³/mol. The van der Waals surface area contributed by atoms with E-state index in [2.05, 4.69) is 50.4 Å². The van der Waals surface area contributed by atoms with Crippen molar-refractivity contribution in [1.29, 1.82) is 0 Å². The molecule has 0 bridgehead atoms. The Labute approximate surface area is 129 Å². The van der Waals surface area contributed by atoms with Gasteiger partial charge in [-0.15, -0.1) is 0 Å². The van der Waals surface area contributed by atoms with Crippen LogP contribution in [0.15, 0.2) is 24.3 Å². The maximum Gasteiger partial charge on any atom is 0.307 e. The highest BCUT2D eigenvalue weighted by molar-refractivity contribution is 5.70. The van der Waals surface area contributed by atoms with Crippen molar-refractivity contribution in [1.82, 2.24) is 5.32 Å². The number of methoxy groups -OCH3 is 1. The lowest BCUT2D eigenvalue weighted by Crippen LogP contribution is -2.34. The number of carbonyl (C=O) groups is 1. The summed E-state index contributed by atoms with van der Waals surface area (Å²) in [7, 11) is 1.44. The number of nitrogens with one attached hydrogen (secondary N) is 1. The molecule has 0 spiro atoms. The van der Waals surface area contributed by atoms with E-state index < -0.39 is 0 Å². The molecule has 1 aromatic carbocycles. The SMILES string of the molecule is CCCNC(CC(=O)OC)Cc1ccc(C(C)CC)cc1. The average molecular weight is 291 g/mol. The molecule has 0 aliphatic carbocycles. The summed E-state index contributed by atoms with van der Waals surface area (Å²) >= 11 is 0. The van der Waals surface area contributed by atoms with Crippen molar-refractivity contribution in [2.75, 3.05) is 13.7 Å². The smallest absolute Gasteiger partial charge is 0.307 e. The van der Waals surface area contributed by atoms with Gasteiger partial charge in [-0.3, -0.25) is 4.79 Å². The van der Waals surface area contributed by atoms with Crippen LogP contribution in [0.3, 0.4) is 0 Å². The van der Waals surface area contributed by atoms with Crippen LogP contribution < -0.4 is 5.32 Å². The first-order valence-corrected chi connectivity index (χ1v) is 7.99. The molecule has 1 aromatic rings. The fraction of sp³-hybridized carbons (Fsp3) is 0.611. The molecular weight excluding hydrogens is 262 g/mol. The average Bonchev–Trinajstić information content (AvgIpc) is 2.52. The zero-order chi connectivity index (χ0) is 15.7. The number of hydrogen-bond acceptors (Lipinski definition) is 3. The van der Waals surface area contributed by atoms with Gasteiger partial charge in [0, 0.05) is 6.04 Å². The maximum absolute atomic E-state index is 11.5. The molecule has 0 amide bonds. The minimum absolute atomic E-state index is 0.145. The van der Waals surface area contributed by atoms with Gasteiger partial charge in [-0.2, -0.15) is 0 Å². The van der Waals surface area contributed by atoms with Crippen molar-refractivity contribution in [2.24, 2.45) is 0 Å². The molecule has 21 heavy (non-hydrogen) atoms. The lowest BCUT2D eigenvalue weighted by molar-refractivity contribution is -0.141. The summed E-state index contributed by atoms with van der Waals surface area (Å²) in [5.74, 6) is 0.447. The molecule has 2 atom stereocenters. The van der Waals surface area contributed by atoms with Crippen molar-refractivity contribution in [2.45, 2.75) is 58.4 Å². The quantitative estimate of drug-likeness (QED) is 0.705. The summed E-state index contributed by atoms with van der Waals surface area (Å²) in [6.07, 6.45) is 3.49. The lowest BCUT2D eigenvalue weighted by atomic mass is 9.95. The fourth-order valence-electron chi connectivity index (χ4n) is 2.35. The summed E-state index contributed by atoms with van der Waals surface area (Å²) in [5, 5.41) is 3.43. The number of hydrogen-bond donors (Lipinski definition) is 1. The van der Waals surface area contributed by atoms with Crippen molar-refractivity contribution < 1.29 is 9.53 Å². The van der Waals surface area contributed by atoms with Gasteiger partial charge in [-0.05, 0) is 42.9 Å². The van der Waals surface area contributed by atoms with Gasteiger partial charge in [-0.25, -0.2) is 0 Å². The van der Waals surface area contributed by atoms with E-state index in [1.54, 1.807) is 0 Å². The summed E-state index contributed by atoms with van der Waals surface area (Å²) in [5.41, 5.74) is 2.65. The van der Waals surface area contributed by atoms with E-state index in [0.29, 0.717) is 12.3 Å².